The van der Waals surface area contributed by atoms with Crippen molar-refractivity contribution in [3.63, 3.8) is 0 Å². The molecule has 3 fully saturated rings. The second-order valence-electron chi connectivity index (χ2n) is 11.7. The van der Waals surface area contributed by atoms with Gasteiger partial charge in [0.05, 0.1) is 12.7 Å². The topological polar surface area (TPSA) is 86.8 Å². The van der Waals surface area contributed by atoms with Gasteiger partial charge in [0.15, 0.2) is 0 Å². The van der Waals surface area contributed by atoms with Gasteiger partial charge < -0.3 is 20.3 Å². The van der Waals surface area contributed by atoms with Crippen molar-refractivity contribution in [3.05, 3.63) is 89.1 Å². The molecule has 2 N–H and O–H groups in total. The Hall–Kier alpha value is -3.91. The number of carbonyl (C=O) groups excluding carboxylic acids is 2. The first-order valence-corrected chi connectivity index (χ1v) is 14.7. The molecule has 3 aliphatic rings. The third-order valence-electron chi connectivity index (χ3n) is 8.95. The number of anilines is 1. The Labute approximate surface area is 242 Å². The fourth-order valence-corrected chi connectivity index (χ4v) is 6.89. The number of hydrogen-bond donors (Lipinski definition) is 2. The molecular weight excluding hydrogens is 514 g/mol. The number of aromatic nitrogens is 1. The average molecular weight is 554 g/mol. The van der Waals surface area contributed by atoms with Gasteiger partial charge in [-0.05, 0) is 68.9 Å². The number of likely N-dealkylation sites (tertiary alicyclic amines) is 1. The molecule has 3 saturated heterocycles. The van der Waals surface area contributed by atoms with Crippen LogP contribution >= 0.6 is 0 Å². The predicted molar refractivity (Wildman–Crippen MR) is 159 cm³/mol. The zero-order valence-electron chi connectivity index (χ0n) is 23.9. The van der Waals surface area contributed by atoms with Gasteiger partial charge in [-0.25, -0.2) is 4.98 Å². The molecule has 4 atom stereocenters. The van der Waals surface area contributed by atoms with E-state index in [9.17, 15) is 9.59 Å². The molecule has 3 aliphatic heterocycles. The van der Waals surface area contributed by atoms with Gasteiger partial charge >= 0.3 is 0 Å². The van der Waals surface area contributed by atoms with E-state index >= 15 is 0 Å². The van der Waals surface area contributed by atoms with Crippen molar-refractivity contribution < 1.29 is 14.3 Å². The minimum Gasteiger partial charge on any atom is -0.496 e. The van der Waals surface area contributed by atoms with Crippen molar-refractivity contribution in [1.29, 1.82) is 0 Å². The highest BCUT2D eigenvalue weighted by Crippen LogP contribution is 2.38. The van der Waals surface area contributed by atoms with E-state index in [0.29, 0.717) is 23.2 Å². The van der Waals surface area contributed by atoms with Gasteiger partial charge in [-0.2, -0.15) is 0 Å². The highest BCUT2D eigenvalue weighted by Gasteiger charge is 2.42. The second kappa shape index (κ2) is 11.9. The molecule has 0 saturated carbocycles. The predicted octanol–water partition coefficient (Wildman–Crippen LogP) is 4.33. The average Bonchev–Trinajstić information content (AvgIpc) is 3.53. The van der Waals surface area contributed by atoms with E-state index in [0.717, 1.165) is 68.9 Å². The first-order valence-electron chi connectivity index (χ1n) is 14.7. The van der Waals surface area contributed by atoms with Gasteiger partial charge in [0, 0.05) is 61.1 Å². The summed E-state index contributed by atoms with van der Waals surface area (Å²) in [6, 6.07) is 20.9. The van der Waals surface area contributed by atoms with E-state index in [-0.39, 0.29) is 23.9 Å². The fraction of sp³-hybridized carbons (Fsp3) is 0.424. The summed E-state index contributed by atoms with van der Waals surface area (Å²) in [5.41, 5.74) is 3.42. The molecule has 3 aromatic rings. The summed E-state index contributed by atoms with van der Waals surface area (Å²) in [5.74, 6) is 1.53. The molecule has 214 valence electrons. The molecule has 4 heterocycles. The first-order chi connectivity index (χ1) is 20.0. The normalized spacial score (nSPS) is 23.8. The second-order valence-corrected chi connectivity index (χ2v) is 11.7. The van der Waals surface area contributed by atoms with Gasteiger partial charge in [-0.1, -0.05) is 36.4 Å². The molecule has 41 heavy (non-hydrogen) atoms. The molecule has 8 nitrogen and oxygen atoms in total. The molecule has 0 spiro atoms. The third-order valence-corrected chi connectivity index (χ3v) is 8.95. The molecular formula is C33H39N5O3. The summed E-state index contributed by atoms with van der Waals surface area (Å²) in [4.78, 5) is 35.6. The van der Waals surface area contributed by atoms with Crippen LogP contribution in [-0.4, -0.2) is 66.1 Å². The number of rotatable bonds is 8. The Balaban J connectivity index is 1.03. The lowest BCUT2D eigenvalue weighted by Crippen LogP contribution is -2.50. The van der Waals surface area contributed by atoms with Crippen LogP contribution < -0.4 is 20.3 Å². The van der Waals surface area contributed by atoms with Crippen LogP contribution in [0, 0.1) is 6.92 Å². The SMILES string of the molecule is COc1cccc(C(=O)NC2C[C@H]3CC[C@@H](C2)N3c2ccc(C(=O)N[C@H]3CCN(Cc4ccccc4)C3)cn2)c1C. The first kappa shape index (κ1) is 27.3. The Bertz CT molecular complexity index is 1370. The molecule has 2 bridgehead atoms. The van der Waals surface area contributed by atoms with Gasteiger partial charge in [-0.3, -0.25) is 14.5 Å². The van der Waals surface area contributed by atoms with Gasteiger partial charge in [0.25, 0.3) is 11.8 Å². The number of ether oxygens (including phenoxy) is 1. The van der Waals surface area contributed by atoms with Crippen molar-refractivity contribution in [2.75, 3.05) is 25.1 Å². The van der Waals surface area contributed by atoms with E-state index in [1.165, 1.54) is 5.56 Å². The number of methoxy groups -OCH3 is 1. The molecule has 6 rings (SSSR count). The van der Waals surface area contributed by atoms with Crippen LogP contribution in [-0.2, 0) is 6.54 Å². The van der Waals surface area contributed by atoms with Crippen molar-refractivity contribution in [1.82, 2.24) is 20.5 Å². The van der Waals surface area contributed by atoms with Crippen LogP contribution in [0.2, 0.25) is 0 Å². The lowest BCUT2D eigenvalue weighted by molar-refractivity contribution is 0.0921. The molecule has 2 amide bonds. The zero-order chi connectivity index (χ0) is 28.3. The Morgan fingerprint density at radius 1 is 0.902 bits per heavy atom. The van der Waals surface area contributed by atoms with Crippen molar-refractivity contribution in [3.8, 4) is 5.75 Å². The number of fused-ring (bicyclic) bond motifs is 2. The van der Waals surface area contributed by atoms with Crippen molar-refractivity contribution in [2.24, 2.45) is 0 Å². The summed E-state index contributed by atoms with van der Waals surface area (Å²) in [6.45, 7) is 4.67. The van der Waals surface area contributed by atoms with E-state index in [2.05, 4.69) is 44.7 Å². The van der Waals surface area contributed by atoms with E-state index in [1.54, 1.807) is 13.3 Å². The Kier molecular flexibility index (Phi) is 7.92. The number of benzene rings is 2. The van der Waals surface area contributed by atoms with E-state index in [1.807, 2.05) is 43.3 Å². The lowest BCUT2D eigenvalue weighted by Gasteiger charge is -2.40. The number of pyridine rings is 1. The molecule has 2 aromatic carbocycles. The van der Waals surface area contributed by atoms with E-state index in [4.69, 9.17) is 9.72 Å². The Morgan fingerprint density at radius 3 is 2.37 bits per heavy atom. The van der Waals surface area contributed by atoms with Crippen LogP contribution in [0.5, 0.6) is 5.75 Å². The number of piperidine rings is 1. The number of hydrogen-bond acceptors (Lipinski definition) is 6. The van der Waals surface area contributed by atoms with Crippen LogP contribution in [0.1, 0.15) is 63.9 Å². The van der Waals surface area contributed by atoms with E-state index < -0.39 is 0 Å². The highest BCUT2D eigenvalue weighted by molar-refractivity contribution is 5.96. The third kappa shape index (κ3) is 5.93. The fourth-order valence-electron chi connectivity index (χ4n) is 6.89. The summed E-state index contributed by atoms with van der Waals surface area (Å²) in [5, 5.41) is 6.48. The number of carbonyl (C=O) groups is 2. The monoisotopic (exact) mass is 553 g/mol. The minimum absolute atomic E-state index is 0.0433. The van der Waals surface area contributed by atoms with Crippen LogP contribution in [0.4, 0.5) is 5.82 Å². The molecule has 0 radical (unpaired) electrons. The maximum absolute atomic E-state index is 13.1. The van der Waals surface area contributed by atoms with Crippen molar-refractivity contribution >= 4 is 17.6 Å². The summed E-state index contributed by atoms with van der Waals surface area (Å²) in [7, 11) is 1.63. The highest BCUT2D eigenvalue weighted by atomic mass is 16.5. The van der Waals surface area contributed by atoms with Gasteiger partial charge in [0.1, 0.15) is 11.6 Å². The number of amides is 2. The molecule has 1 aromatic heterocycles. The molecule has 8 heteroatoms. The molecule has 1 unspecified atom stereocenters. The summed E-state index contributed by atoms with van der Waals surface area (Å²) < 4.78 is 5.39. The number of nitrogens with zero attached hydrogens (tertiary/aromatic N) is 3. The van der Waals surface area contributed by atoms with Crippen LogP contribution in [0.3, 0.4) is 0 Å². The number of nitrogens with one attached hydrogen (secondary N) is 2. The van der Waals surface area contributed by atoms with Crippen LogP contribution in [0.25, 0.3) is 0 Å². The minimum atomic E-state index is -0.0622. The smallest absolute Gasteiger partial charge is 0.253 e. The zero-order valence-corrected chi connectivity index (χ0v) is 23.9. The summed E-state index contributed by atoms with van der Waals surface area (Å²) in [6.07, 6.45) is 6.60. The van der Waals surface area contributed by atoms with Gasteiger partial charge in [-0.15, -0.1) is 0 Å². The molecule has 0 aliphatic carbocycles. The Morgan fingerprint density at radius 2 is 1.66 bits per heavy atom. The van der Waals surface area contributed by atoms with Crippen molar-refractivity contribution in [2.45, 2.75) is 69.7 Å². The maximum atomic E-state index is 13.1. The largest absolute Gasteiger partial charge is 0.496 e. The summed E-state index contributed by atoms with van der Waals surface area (Å²) >= 11 is 0. The maximum Gasteiger partial charge on any atom is 0.253 e. The quantitative estimate of drug-likeness (QED) is 0.432. The lowest BCUT2D eigenvalue weighted by atomic mass is 9.96. The standard InChI is InChI=1S/C33H39N5O3/c1-22-29(9-6-10-30(22)41-2)33(40)36-26-17-27-12-13-28(18-26)38(27)31-14-11-24(19-34-31)32(39)35-25-15-16-37(21-25)20-23-7-4-3-5-8-23/h3-11,14,19,25-28H,12-13,15-18,20-21H2,1-2H3,(H,35,39)(H,36,40)/t25-,26?,27-,28+/m0/s1. The van der Waals surface area contributed by atoms with Crippen LogP contribution in [0.15, 0.2) is 66.9 Å². The van der Waals surface area contributed by atoms with Gasteiger partial charge in [0.2, 0.25) is 0 Å².